The number of fused-ring (bicyclic) bond motifs is 1. The van der Waals surface area contributed by atoms with Crippen molar-refractivity contribution in [1.82, 2.24) is 0 Å². The molecule has 52 heavy (non-hydrogen) atoms. The fraction of sp³-hybridized carbons (Fsp3) is 0.531. The highest BCUT2D eigenvalue weighted by atomic mass is 16.8. The van der Waals surface area contributed by atoms with E-state index in [1.807, 2.05) is 0 Å². The van der Waals surface area contributed by atoms with Crippen LogP contribution in [0.1, 0.15) is 6.92 Å². The van der Waals surface area contributed by atoms with Crippen LogP contribution in [0.3, 0.4) is 0 Å². The number of phenolic OH excluding ortho intramolecular Hbond substituents is 4. The van der Waals surface area contributed by atoms with E-state index < -0.39 is 145 Å². The minimum Gasteiger partial charge on any atom is -0.508 e. The Bertz CT molecular complexity index is 1820. The minimum absolute atomic E-state index is 0.0676. The summed E-state index contributed by atoms with van der Waals surface area (Å²) < 4.78 is 39.5. The average molecular weight is 743 g/mol. The summed E-state index contributed by atoms with van der Waals surface area (Å²) in [5, 5.41) is 124. The summed E-state index contributed by atoms with van der Waals surface area (Å²) in [4.78, 5) is 13.8. The summed E-state index contributed by atoms with van der Waals surface area (Å²) in [5.74, 6) is -3.53. The summed E-state index contributed by atoms with van der Waals surface area (Å²) >= 11 is 0. The first-order chi connectivity index (χ1) is 24.5. The zero-order valence-corrected chi connectivity index (χ0v) is 27.1. The summed E-state index contributed by atoms with van der Waals surface area (Å²) in [6.07, 6.45) is -20.4. The van der Waals surface area contributed by atoms with Gasteiger partial charge in [0.05, 0.1) is 25.9 Å². The van der Waals surface area contributed by atoms with Crippen LogP contribution >= 0.6 is 0 Å². The third-order valence-corrected chi connectivity index (χ3v) is 9.14. The molecular weight excluding hydrogens is 704 g/mol. The smallest absolute Gasteiger partial charge is 0.239 e. The minimum atomic E-state index is -2.09. The van der Waals surface area contributed by atoms with Crippen molar-refractivity contribution in [1.29, 1.82) is 0 Å². The molecule has 0 saturated carbocycles. The predicted molar refractivity (Wildman–Crippen MR) is 167 cm³/mol. The third kappa shape index (κ3) is 6.85. The molecule has 20 heteroatoms. The number of hydrogen-bond acceptors (Lipinski definition) is 20. The van der Waals surface area contributed by atoms with Crippen LogP contribution < -0.4 is 10.2 Å². The van der Waals surface area contributed by atoms with Gasteiger partial charge in [0, 0.05) is 17.7 Å². The Morgan fingerprint density at radius 3 is 2.23 bits per heavy atom. The molecule has 1 aromatic heterocycles. The molecular formula is C32H38O20. The van der Waals surface area contributed by atoms with Crippen molar-refractivity contribution in [3.8, 4) is 40.1 Å². The highest BCUT2D eigenvalue weighted by Crippen LogP contribution is 2.40. The van der Waals surface area contributed by atoms with Gasteiger partial charge in [-0.1, -0.05) is 0 Å². The number of rotatable bonds is 9. The van der Waals surface area contributed by atoms with E-state index in [9.17, 15) is 66.1 Å². The molecule has 0 aliphatic carbocycles. The van der Waals surface area contributed by atoms with Crippen LogP contribution in [0.15, 0.2) is 39.5 Å². The second kappa shape index (κ2) is 14.5. The molecule has 3 fully saturated rings. The van der Waals surface area contributed by atoms with Crippen molar-refractivity contribution in [3.63, 3.8) is 0 Å². The molecule has 0 radical (unpaired) electrons. The van der Waals surface area contributed by atoms with E-state index in [1.54, 1.807) is 0 Å². The van der Waals surface area contributed by atoms with Crippen molar-refractivity contribution >= 4 is 11.0 Å². The summed E-state index contributed by atoms with van der Waals surface area (Å²) in [7, 11) is 0. The largest absolute Gasteiger partial charge is 0.508 e. The second-order valence-electron chi connectivity index (χ2n) is 12.8. The van der Waals surface area contributed by atoms with Gasteiger partial charge < -0.3 is 94.1 Å². The van der Waals surface area contributed by atoms with Crippen molar-refractivity contribution in [2.24, 2.45) is 0 Å². The summed E-state index contributed by atoms with van der Waals surface area (Å²) in [5.41, 5.74) is -3.55. The lowest BCUT2D eigenvalue weighted by Gasteiger charge is -2.44. The first-order valence-corrected chi connectivity index (χ1v) is 15.9. The maximum Gasteiger partial charge on any atom is 0.239 e. The molecule has 12 N–H and O–H groups in total. The zero-order chi connectivity index (χ0) is 37.8. The Morgan fingerprint density at radius 2 is 1.56 bits per heavy atom. The third-order valence-electron chi connectivity index (χ3n) is 9.14. The van der Waals surface area contributed by atoms with Gasteiger partial charge in [-0.15, -0.1) is 0 Å². The van der Waals surface area contributed by atoms with Crippen molar-refractivity contribution < 1.29 is 94.1 Å². The van der Waals surface area contributed by atoms with Crippen LogP contribution in [-0.2, 0) is 23.7 Å². The van der Waals surface area contributed by atoms with Gasteiger partial charge in [-0.05, 0) is 25.1 Å². The molecule has 4 heterocycles. The normalized spacial score (nSPS) is 36.6. The maximum absolute atomic E-state index is 13.8. The van der Waals surface area contributed by atoms with Gasteiger partial charge in [0.25, 0.3) is 0 Å². The lowest BCUT2D eigenvalue weighted by atomic mass is 9.98. The topological polar surface area (TPSA) is 328 Å². The molecule has 3 saturated heterocycles. The first-order valence-electron chi connectivity index (χ1n) is 15.9. The first kappa shape index (κ1) is 37.9. The van der Waals surface area contributed by atoms with E-state index in [1.165, 1.54) is 13.0 Å². The SMILES string of the molecule is C[C@@H]1O[C@@H](OC[C@@H]2O[C@@H](Oc3c(-c4ccc(O)c(O)c4)oc4cc(O)cc(O)c4c3=O)[C@@H](O)[C@H](O)[C@H]2O)[C@@H](O[C@@H]2OC[C@@](O)(CO)[C@H]2O)[C@@H](O)[C@H]1O. The van der Waals surface area contributed by atoms with Gasteiger partial charge in [0.2, 0.25) is 17.5 Å². The number of phenols is 4. The number of aliphatic hydroxyl groups is 8. The van der Waals surface area contributed by atoms with Crippen molar-refractivity contribution in [2.45, 2.75) is 86.3 Å². The molecule has 13 atom stereocenters. The number of benzene rings is 2. The van der Waals surface area contributed by atoms with Crippen LogP contribution in [0.4, 0.5) is 0 Å². The second-order valence-corrected chi connectivity index (χ2v) is 12.8. The molecule has 3 aliphatic rings. The fourth-order valence-electron chi connectivity index (χ4n) is 6.03. The van der Waals surface area contributed by atoms with Crippen LogP contribution in [-0.4, -0.2) is 161 Å². The van der Waals surface area contributed by atoms with E-state index in [2.05, 4.69) is 0 Å². The number of ether oxygens (including phenoxy) is 6. The lowest BCUT2D eigenvalue weighted by molar-refractivity contribution is -0.342. The monoisotopic (exact) mass is 742 g/mol. The maximum atomic E-state index is 13.8. The molecule has 3 aliphatic heterocycles. The van der Waals surface area contributed by atoms with E-state index in [-0.39, 0.29) is 11.1 Å². The zero-order valence-electron chi connectivity index (χ0n) is 27.1. The van der Waals surface area contributed by atoms with E-state index in [0.717, 1.165) is 24.3 Å². The Morgan fingerprint density at radius 1 is 0.827 bits per heavy atom. The molecule has 286 valence electrons. The Hall–Kier alpha value is -3.87. The number of aliphatic hydroxyl groups excluding tert-OH is 7. The Labute approximate surface area is 292 Å². The molecule has 0 amide bonds. The standard InChI is InChI=1S/C32H38O20/c1-10-19(38)23(42)27(52-31-28(44)32(45,8-33)9-47-31)30(48-10)46-7-17-20(39)22(41)24(43)29(50-17)51-26-21(40)18-15(37)5-12(34)6-16(18)49-25(26)11-2-3-13(35)14(36)4-11/h2-6,10,17,19-20,22-24,27-31,33-39,41-45H,7-9H2,1H3/t10-,17-,19-,20-,22+,23-,24-,27-,28-,29-,30+,31-,32-/m0/s1. The average Bonchev–Trinajstić information content (AvgIpc) is 3.39. The van der Waals surface area contributed by atoms with Crippen molar-refractivity contribution in [3.05, 3.63) is 40.6 Å². The van der Waals surface area contributed by atoms with Gasteiger partial charge in [0.1, 0.15) is 76.9 Å². The van der Waals surface area contributed by atoms with Crippen LogP contribution in [0.25, 0.3) is 22.3 Å². The molecule has 20 nitrogen and oxygen atoms in total. The lowest BCUT2D eigenvalue weighted by Crippen LogP contribution is -2.62. The molecule has 0 bridgehead atoms. The number of hydrogen-bond donors (Lipinski definition) is 12. The Balaban J connectivity index is 1.27. The Kier molecular flexibility index (Phi) is 10.6. The predicted octanol–water partition coefficient (Wildman–Crippen LogP) is -3.22. The quantitative estimate of drug-likeness (QED) is 0.0959. The summed E-state index contributed by atoms with van der Waals surface area (Å²) in [6.45, 7) is -0.747. The highest BCUT2D eigenvalue weighted by molar-refractivity contribution is 5.88. The molecule has 2 aromatic carbocycles. The van der Waals surface area contributed by atoms with E-state index in [0.29, 0.717) is 0 Å². The molecule has 3 aromatic rings. The van der Waals surface area contributed by atoms with Gasteiger partial charge in [-0.2, -0.15) is 0 Å². The number of aromatic hydroxyl groups is 4. The van der Waals surface area contributed by atoms with Gasteiger partial charge in [-0.3, -0.25) is 4.79 Å². The molecule has 6 rings (SSSR count). The highest BCUT2D eigenvalue weighted by Gasteiger charge is 2.53. The van der Waals surface area contributed by atoms with Crippen LogP contribution in [0.2, 0.25) is 0 Å². The summed E-state index contributed by atoms with van der Waals surface area (Å²) in [6, 6.07) is 5.14. The molecule has 0 unspecified atom stereocenters. The fourth-order valence-corrected chi connectivity index (χ4v) is 6.03. The van der Waals surface area contributed by atoms with E-state index >= 15 is 0 Å². The molecule has 0 spiro atoms. The van der Waals surface area contributed by atoms with Gasteiger partial charge in [0.15, 0.2) is 29.8 Å². The van der Waals surface area contributed by atoms with Crippen LogP contribution in [0, 0.1) is 0 Å². The van der Waals surface area contributed by atoms with Crippen LogP contribution in [0.5, 0.6) is 28.7 Å². The van der Waals surface area contributed by atoms with Crippen molar-refractivity contribution in [2.75, 3.05) is 19.8 Å². The van der Waals surface area contributed by atoms with E-state index in [4.69, 9.17) is 32.8 Å². The van der Waals surface area contributed by atoms with Gasteiger partial charge >= 0.3 is 0 Å². The van der Waals surface area contributed by atoms with Gasteiger partial charge in [-0.25, -0.2) is 0 Å².